The zero-order valence-electron chi connectivity index (χ0n) is 6.34. The van der Waals surface area contributed by atoms with Gasteiger partial charge in [0.1, 0.15) is 0 Å². The first-order chi connectivity index (χ1) is 5.54. The van der Waals surface area contributed by atoms with Gasteiger partial charge in [-0.2, -0.15) is 0 Å². The Morgan fingerprint density at radius 1 is 1.33 bits per heavy atom. The Morgan fingerprint density at radius 3 is 2.42 bits per heavy atom. The lowest BCUT2D eigenvalue weighted by Crippen LogP contribution is -1.93. The van der Waals surface area contributed by atoms with Crippen molar-refractivity contribution in [2.75, 3.05) is 0 Å². The highest BCUT2D eigenvalue weighted by molar-refractivity contribution is 14.1. The Balaban J connectivity index is 3.36. The van der Waals surface area contributed by atoms with Crippen molar-refractivity contribution in [3.8, 4) is 11.5 Å². The van der Waals surface area contributed by atoms with E-state index in [1.54, 1.807) is 6.07 Å². The summed E-state index contributed by atoms with van der Waals surface area (Å²) in [4.78, 5) is 10.9. The first-order valence-corrected chi connectivity index (χ1v) is 4.33. The monoisotopic (exact) mass is 278 g/mol. The van der Waals surface area contributed by atoms with E-state index in [2.05, 4.69) is 0 Å². The minimum Gasteiger partial charge on any atom is -0.504 e. The quantitative estimate of drug-likeness (QED) is 0.468. The fourth-order valence-electron chi connectivity index (χ4n) is 0.839. The predicted octanol–water partition coefficient (Wildman–Crippen LogP) is 1.91. The van der Waals surface area contributed by atoms with Crippen molar-refractivity contribution in [3.63, 3.8) is 0 Å². The molecule has 1 aromatic rings. The van der Waals surface area contributed by atoms with E-state index >= 15 is 0 Å². The van der Waals surface area contributed by atoms with E-state index in [0.29, 0.717) is 3.57 Å². The van der Waals surface area contributed by atoms with Gasteiger partial charge in [0.25, 0.3) is 0 Å². The number of halogens is 1. The number of rotatable bonds is 1. The van der Waals surface area contributed by atoms with Gasteiger partial charge in [0.15, 0.2) is 17.3 Å². The zero-order valence-corrected chi connectivity index (χ0v) is 8.49. The van der Waals surface area contributed by atoms with Crippen LogP contribution in [-0.2, 0) is 0 Å². The SMILES string of the molecule is CC(=O)c1ccc(I)c(O)c1O. The summed E-state index contributed by atoms with van der Waals surface area (Å²) in [6.07, 6.45) is 0. The van der Waals surface area contributed by atoms with E-state index in [9.17, 15) is 15.0 Å². The maximum Gasteiger partial charge on any atom is 0.171 e. The van der Waals surface area contributed by atoms with Gasteiger partial charge in [0.05, 0.1) is 9.13 Å². The fraction of sp³-hybridized carbons (Fsp3) is 0.125. The highest BCUT2D eigenvalue weighted by atomic mass is 127. The molecule has 0 heterocycles. The van der Waals surface area contributed by atoms with Gasteiger partial charge in [-0.1, -0.05) is 0 Å². The molecular formula is C8H7IO3. The van der Waals surface area contributed by atoms with Crippen LogP contribution in [0.4, 0.5) is 0 Å². The second kappa shape index (κ2) is 3.30. The molecular weight excluding hydrogens is 271 g/mol. The Kier molecular flexibility index (Phi) is 2.56. The van der Waals surface area contributed by atoms with Gasteiger partial charge in [0.2, 0.25) is 0 Å². The number of aromatic hydroxyl groups is 2. The molecule has 0 aliphatic rings. The van der Waals surface area contributed by atoms with Gasteiger partial charge in [-0.05, 0) is 41.6 Å². The minimum absolute atomic E-state index is 0.146. The number of hydrogen-bond acceptors (Lipinski definition) is 3. The number of carbonyl (C=O) groups is 1. The van der Waals surface area contributed by atoms with Crippen LogP contribution in [0.2, 0.25) is 0 Å². The first-order valence-electron chi connectivity index (χ1n) is 3.25. The lowest BCUT2D eigenvalue weighted by Gasteiger charge is -2.03. The van der Waals surface area contributed by atoms with Crippen molar-refractivity contribution in [1.29, 1.82) is 0 Å². The Bertz CT molecular complexity index is 333. The van der Waals surface area contributed by atoms with Gasteiger partial charge in [0, 0.05) is 0 Å². The Hall–Kier alpha value is -0.780. The maximum atomic E-state index is 10.9. The van der Waals surface area contributed by atoms with Crippen LogP contribution >= 0.6 is 22.6 Å². The van der Waals surface area contributed by atoms with Crippen molar-refractivity contribution >= 4 is 28.4 Å². The molecule has 0 aliphatic heterocycles. The summed E-state index contributed by atoms with van der Waals surface area (Å²) in [5.41, 5.74) is 0.146. The minimum atomic E-state index is -0.339. The molecule has 0 atom stereocenters. The summed E-state index contributed by atoms with van der Waals surface area (Å²) in [7, 11) is 0. The van der Waals surface area contributed by atoms with E-state index in [0.717, 1.165) is 0 Å². The summed E-state index contributed by atoms with van der Waals surface area (Å²) < 4.78 is 0.523. The lowest BCUT2D eigenvalue weighted by atomic mass is 10.1. The van der Waals surface area contributed by atoms with E-state index in [1.807, 2.05) is 22.6 Å². The molecule has 4 heteroatoms. The number of phenolic OH excluding ortho intramolecular Hbond substituents is 2. The van der Waals surface area contributed by atoms with E-state index in [1.165, 1.54) is 13.0 Å². The average molecular weight is 278 g/mol. The number of phenols is 2. The van der Waals surface area contributed by atoms with Gasteiger partial charge in [-0.25, -0.2) is 0 Å². The normalized spacial score (nSPS) is 9.83. The Morgan fingerprint density at radius 2 is 1.92 bits per heavy atom. The molecule has 1 rings (SSSR count). The van der Waals surface area contributed by atoms with Crippen LogP contribution in [0.15, 0.2) is 12.1 Å². The second-order valence-corrected chi connectivity index (χ2v) is 3.51. The molecule has 0 bridgehead atoms. The molecule has 1 aromatic carbocycles. The highest BCUT2D eigenvalue weighted by Crippen LogP contribution is 2.33. The third-order valence-electron chi connectivity index (χ3n) is 1.48. The zero-order chi connectivity index (χ0) is 9.30. The summed E-state index contributed by atoms with van der Waals surface area (Å²) in [5.74, 6) is -0.836. The van der Waals surface area contributed by atoms with Crippen LogP contribution < -0.4 is 0 Å². The molecule has 3 nitrogen and oxygen atoms in total. The van der Waals surface area contributed by atoms with Crippen LogP contribution in [0, 0.1) is 3.57 Å². The summed E-state index contributed by atoms with van der Waals surface area (Å²) in [6.45, 7) is 1.33. The van der Waals surface area contributed by atoms with Crippen LogP contribution in [0.1, 0.15) is 17.3 Å². The molecule has 0 saturated heterocycles. The van der Waals surface area contributed by atoms with Crippen LogP contribution in [0.5, 0.6) is 11.5 Å². The average Bonchev–Trinajstić information content (AvgIpc) is 2.00. The predicted molar refractivity (Wildman–Crippen MR) is 52.5 cm³/mol. The fourth-order valence-corrected chi connectivity index (χ4v) is 1.27. The van der Waals surface area contributed by atoms with Crippen molar-refractivity contribution < 1.29 is 15.0 Å². The molecule has 2 N–H and O–H groups in total. The van der Waals surface area contributed by atoms with Gasteiger partial charge < -0.3 is 10.2 Å². The van der Waals surface area contributed by atoms with Crippen molar-refractivity contribution in [2.45, 2.75) is 6.92 Å². The number of ketones is 1. The molecule has 0 unspecified atom stereocenters. The van der Waals surface area contributed by atoms with E-state index in [-0.39, 0.29) is 22.8 Å². The van der Waals surface area contributed by atoms with Crippen LogP contribution in [-0.4, -0.2) is 16.0 Å². The summed E-state index contributed by atoms with van der Waals surface area (Å²) >= 11 is 1.87. The first kappa shape index (κ1) is 9.31. The van der Waals surface area contributed by atoms with Crippen LogP contribution in [0.3, 0.4) is 0 Å². The van der Waals surface area contributed by atoms with Gasteiger partial charge in [-0.15, -0.1) is 0 Å². The molecule has 0 amide bonds. The molecule has 64 valence electrons. The Labute approximate surface area is 83.2 Å². The third-order valence-corrected chi connectivity index (χ3v) is 2.35. The molecule has 0 aliphatic carbocycles. The van der Waals surface area contributed by atoms with Crippen molar-refractivity contribution in [3.05, 3.63) is 21.3 Å². The molecule has 12 heavy (non-hydrogen) atoms. The molecule has 0 fully saturated rings. The molecule has 0 aromatic heterocycles. The highest BCUT2D eigenvalue weighted by Gasteiger charge is 2.12. The molecule has 0 radical (unpaired) electrons. The smallest absolute Gasteiger partial charge is 0.171 e. The number of hydrogen-bond donors (Lipinski definition) is 2. The van der Waals surface area contributed by atoms with Crippen molar-refractivity contribution in [1.82, 2.24) is 0 Å². The maximum absolute atomic E-state index is 10.9. The number of Topliss-reactive ketones (excluding diaryl/α,β-unsaturated/α-hetero) is 1. The number of carbonyl (C=O) groups excluding carboxylic acids is 1. The second-order valence-electron chi connectivity index (χ2n) is 2.35. The topological polar surface area (TPSA) is 57.5 Å². The summed E-state index contributed by atoms with van der Waals surface area (Å²) in [5, 5.41) is 18.5. The van der Waals surface area contributed by atoms with E-state index in [4.69, 9.17) is 0 Å². The summed E-state index contributed by atoms with van der Waals surface area (Å²) in [6, 6.07) is 3.06. The third kappa shape index (κ3) is 1.52. The van der Waals surface area contributed by atoms with Gasteiger partial charge >= 0.3 is 0 Å². The molecule has 0 saturated carbocycles. The number of benzene rings is 1. The van der Waals surface area contributed by atoms with Crippen LogP contribution in [0.25, 0.3) is 0 Å². The molecule has 0 spiro atoms. The largest absolute Gasteiger partial charge is 0.504 e. The standard InChI is InChI=1S/C8H7IO3/c1-4(10)5-2-3-6(9)8(12)7(5)11/h2-3,11-12H,1H3. The lowest BCUT2D eigenvalue weighted by molar-refractivity contribution is 0.101. The van der Waals surface area contributed by atoms with Gasteiger partial charge in [-0.3, -0.25) is 4.79 Å². The van der Waals surface area contributed by atoms with Crippen molar-refractivity contribution in [2.24, 2.45) is 0 Å². The van der Waals surface area contributed by atoms with E-state index < -0.39 is 0 Å².